The Hall–Kier alpha value is -2.88. The summed E-state index contributed by atoms with van der Waals surface area (Å²) in [4.78, 5) is 23.1. The molecule has 0 N–H and O–H groups in total. The summed E-state index contributed by atoms with van der Waals surface area (Å²) in [7, 11) is 0. The molecule has 0 aliphatic heterocycles. The zero-order valence-electron chi connectivity index (χ0n) is 18.1. The second-order valence-electron chi connectivity index (χ2n) is 7.87. The highest BCUT2D eigenvalue weighted by Crippen LogP contribution is 2.21. The van der Waals surface area contributed by atoms with E-state index in [4.69, 9.17) is 4.74 Å². The van der Waals surface area contributed by atoms with Crippen LogP contribution in [-0.4, -0.2) is 41.9 Å². The fraction of sp³-hybridized carbons (Fsp3) is 0.789. The van der Waals surface area contributed by atoms with Gasteiger partial charge in [0.2, 0.25) is 0 Å². The van der Waals surface area contributed by atoms with Crippen LogP contribution < -0.4 is 0 Å². The minimum Gasteiger partial charge on any atom is -0.466 e. The lowest BCUT2D eigenvalue weighted by molar-refractivity contribution is -0.144. The Morgan fingerprint density at radius 2 is 1.48 bits per heavy atom. The van der Waals surface area contributed by atoms with E-state index < -0.39 is 28.7 Å². The van der Waals surface area contributed by atoms with Gasteiger partial charge in [-0.1, -0.05) is 5.11 Å². The van der Waals surface area contributed by atoms with Crippen molar-refractivity contribution < 1.29 is 19.1 Å². The van der Waals surface area contributed by atoms with Crippen LogP contribution in [0.1, 0.15) is 67.2 Å². The van der Waals surface area contributed by atoms with Gasteiger partial charge in [-0.3, -0.25) is 4.79 Å². The summed E-state index contributed by atoms with van der Waals surface area (Å²) in [6.45, 7) is 10.6. The average molecular weight is 406 g/mol. The molecule has 2 unspecified atom stereocenters. The van der Waals surface area contributed by atoms with Crippen molar-refractivity contribution in [3.05, 3.63) is 0 Å². The van der Waals surface area contributed by atoms with E-state index in [0.29, 0.717) is 6.42 Å². The Bertz CT molecular complexity index is 701. The van der Waals surface area contributed by atoms with E-state index >= 15 is 0 Å². The second-order valence-corrected chi connectivity index (χ2v) is 7.87. The molecule has 0 spiro atoms. The van der Waals surface area contributed by atoms with Crippen molar-refractivity contribution >= 4 is 12.1 Å². The number of azo groups is 2. The minimum atomic E-state index is -1.22. The summed E-state index contributed by atoms with van der Waals surface area (Å²) in [5.41, 5.74) is -2.72. The molecular formula is C19H30N6O4. The SMILES string of the molecule is CCOC(=O)N=NC(C)(C#N)CCCOC(=O)CCC(C)(C#N)N=NC(C)(C)C. The van der Waals surface area contributed by atoms with Gasteiger partial charge in [-0.15, -0.1) is 0 Å². The van der Waals surface area contributed by atoms with E-state index in [1.807, 2.05) is 26.8 Å². The van der Waals surface area contributed by atoms with Gasteiger partial charge in [-0.05, 0) is 60.8 Å². The lowest BCUT2D eigenvalue weighted by atomic mass is 9.99. The molecule has 1 amide bonds. The van der Waals surface area contributed by atoms with Crippen LogP contribution in [0.5, 0.6) is 0 Å². The Morgan fingerprint density at radius 3 is 2.00 bits per heavy atom. The van der Waals surface area contributed by atoms with E-state index in [0.717, 1.165) is 0 Å². The largest absolute Gasteiger partial charge is 0.466 e. The van der Waals surface area contributed by atoms with Crippen LogP contribution in [0.25, 0.3) is 0 Å². The van der Waals surface area contributed by atoms with Gasteiger partial charge in [0.05, 0.1) is 30.9 Å². The van der Waals surface area contributed by atoms with Crippen LogP contribution in [-0.2, 0) is 14.3 Å². The number of hydrogen-bond acceptors (Lipinski definition) is 9. The van der Waals surface area contributed by atoms with Crippen molar-refractivity contribution in [2.45, 2.75) is 83.8 Å². The Kier molecular flexibility index (Phi) is 10.7. The van der Waals surface area contributed by atoms with Crippen LogP contribution in [0.4, 0.5) is 4.79 Å². The second kappa shape index (κ2) is 11.8. The smallest absolute Gasteiger partial charge is 0.452 e. The van der Waals surface area contributed by atoms with Gasteiger partial charge in [0, 0.05) is 6.42 Å². The number of nitriles is 2. The maximum Gasteiger partial charge on any atom is 0.452 e. The number of ether oxygens (including phenoxy) is 2. The first kappa shape index (κ1) is 26.1. The minimum absolute atomic E-state index is 0.0192. The van der Waals surface area contributed by atoms with E-state index in [9.17, 15) is 20.1 Å². The number of carbonyl (C=O) groups is 2. The highest BCUT2D eigenvalue weighted by atomic mass is 16.5. The molecule has 0 saturated heterocycles. The molecule has 0 saturated carbocycles. The van der Waals surface area contributed by atoms with Gasteiger partial charge >= 0.3 is 12.1 Å². The van der Waals surface area contributed by atoms with Gasteiger partial charge in [0.25, 0.3) is 0 Å². The summed E-state index contributed by atoms with van der Waals surface area (Å²) in [5.74, 6) is -0.468. The van der Waals surface area contributed by atoms with Crippen molar-refractivity contribution in [1.82, 2.24) is 0 Å². The molecule has 0 aromatic carbocycles. The topological polar surface area (TPSA) is 150 Å². The maximum absolute atomic E-state index is 11.9. The first-order chi connectivity index (χ1) is 13.4. The third-order valence-electron chi connectivity index (χ3n) is 3.56. The van der Waals surface area contributed by atoms with E-state index in [1.165, 1.54) is 6.92 Å². The molecule has 0 radical (unpaired) electrons. The maximum atomic E-state index is 11.9. The quantitative estimate of drug-likeness (QED) is 0.296. The molecule has 0 aliphatic rings. The first-order valence-electron chi connectivity index (χ1n) is 9.40. The van der Waals surface area contributed by atoms with E-state index in [1.54, 1.807) is 13.8 Å². The molecule has 0 heterocycles. The molecule has 0 bridgehead atoms. The highest BCUT2D eigenvalue weighted by molar-refractivity contribution is 5.69. The van der Waals surface area contributed by atoms with Crippen LogP contribution in [0, 0.1) is 22.7 Å². The highest BCUT2D eigenvalue weighted by Gasteiger charge is 2.27. The van der Waals surface area contributed by atoms with Crippen LogP contribution in [0.2, 0.25) is 0 Å². The molecule has 10 nitrogen and oxygen atoms in total. The zero-order valence-corrected chi connectivity index (χ0v) is 18.1. The molecule has 0 aromatic rings. The molecule has 0 fully saturated rings. The number of rotatable bonds is 10. The first-order valence-corrected chi connectivity index (χ1v) is 9.40. The summed E-state index contributed by atoms with van der Waals surface area (Å²) < 4.78 is 9.76. The monoisotopic (exact) mass is 406 g/mol. The summed E-state index contributed by atoms with van der Waals surface area (Å²) >= 11 is 0. The lowest BCUT2D eigenvalue weighted by Gasteiger charge is -2.18. The average Bonchev–Trinajstić information content (AvgIpc) is 2.66. The van der Waals surface area contributed by atoms with Crippen molar-refractivity contribution in [3.63, 3.8) is 0 Å². The van der Waals surface area contributed by atoms with Crippen molar-refractivity contribution in [2.24, 2.45) is 20.5 Å². The number of esters is 1. The predicted octanol–water partition coefficient (Wildman–Crippen LogP) is 4.51. The van der Waals surface area contributed by atoms with E-state index in [2.05, 4.69) is 31.3 Å². The molecule has 160 valence electrons. The lowest BCUT2D eigenvalue weighted by Crippen LogP contribution is -2.23. The molecule has 0 aliphatic carbocycles. The van der Waals surface area contributed by atoms with Crippen molar-refractivity contribution in [2.75, 3.05) is 13.2 Å². The molecule has 10 heteroatoms. The molecular weight excluding hydrogens is 376 g/mol. The third kappa shape index (κ3) is 12.2. The van der Waals surface area contributed by atoms with E-state index in [-0.39, 0.29) is 32.5 Å². The number of carbonyl (C=O) groups excluding carboxylic acids is 2. The van der Waals surface area contributed by atoms with Crippen LogP contribution in [0.15, 0.2) is 20.5 Å². The number of nitrogens with zero attached hydrogens (tertiary/aromatic N) is 6. The Labute approximate surface area is 172 Å². The standard InChI is InChI=1S/C19H30N6O4/c1-7-28-16(27)22-24-18(5,13-20)10-8-12-29-15(26)9-11-19(6,14-21)25-23-17(2,3)4/h7-12H2,1-6H3. The van der Waals surface area contributed by atoms with Gasteiger partial charge in [-0.2, -0.15) is 25.9 Å². The zero-order chi connectivity index (χ0) is 22.6. The number of hydrogen-bond donors (Lipinski definition) is 0. The van der Waals surface area contributed by atoms with Gasteiger partial charge in [0.1, 0.15) is 0 Å². The normalized spacial score (nSPS) is 15.9. The molecule has 0 rings (SSSR count). The van der Waals surface area contributed by atoms with Crippen molar-refractivity contribution in [3.8, 4) is 12.1 Å². The van der Waals surface area contributed by atoms with Crippen LogP contribution >= 0.6 is 0 Å². The fourth-order valence-electron chi connectivity index (χ4n) is 1.84. The summed E-state index contributed by atoms with van der Waals surface area (Å²) in [5, 5.41) is 33.8. The van der Waals surface area contributed by atoms with Crippen LogP contribution in [0.3, 0.4) is 0 Å². The predicted molar refractivity (Wildman–Crippen MR) is 104 cm³/mol. The van der Waals surface area contributed by atoms with Gasteiger partial charge in [-0.25, -0.2) is 4.79 Å². The Morgan fingerprint density at radius 1 is 0.897 bits per heavy atom. The van der Waals surface area contributed by atoms with Crippen molar-refractivity contribution in [1.29, 1.82) is 10.5 Å². The summed E-state index contributed by atoms with van der Waals surface area (Å²) in [6, 6.07) is 4.04. The molecule has 2 atom stereocenters. The fourth-order valence-corrected chi connectivity index (χ4v) is 1.84. The molecule has 29 heavy (non-hydrogen) atoms. The van der Waals surface area contributed by atoms with Gasteiger partial charge < -0.3 is 9.47 Å². The number of amides is 1. The Balaban J connectivity index is 4.45. The summed E-state index contributed by atoms with van der Waals surface area (Å²) in [6.07, 6.45) is -0.0482. The van der Waals surface area contributed by atoms with Gasteiger partial charge in [0.15, 0.2) is 11.1 Å². The molecule has 0 aromatic heterocycles. The third-order valence-corrected chi connectivity index (χ3v) is 3.56.